The van der Waals surface area contributed by atoms with Crippen LogP contribution in [-0.2, 0) is 18.3 Å². The molecule has 1 fully saturated rings. The Morgan fingerprint density at radius 2 is 2.33 bits per heavy atom. The summed E-state index contributed by atoms with van der Waals surface area (Å²) in [5, 5.41) is 7.68. The minimum Gasteiger partial charge on any atom is -0.469 e. The number of rotatable bonds is 6. The third-order valence-corrected chi connectivity index (χ3v) is 4.78. The van der Waals surface area contributed by atoms with Crippen LogP contribution in [0.25, 0.3) is 0 Å². The number of carbonyl (C=O) groups is 1. The first-order chi connectivity index (χ1) is 13.0. The maximum absolute atomic E-state index is 12.0. The van der Waals surface area contributed by atoms with E-state index in [0.717, 1.165) is 37.7 Å². The molecule has 3 heterocycles. The Morgan fingerprint density at radius 3 is 3.00 bits per heavy atom. The van der Waals surface area contributed by atoms with Gasteiger partial charge in [0.25, 0.3) is 0 Å². The van der Waals surface area contributed by atoms with Crippen molar-refractivity contribution in [1.82, 2.24) is 24.9 Å². The Morgan fingerprint density at radius 1 is 1.48 bits per heavy atom. The van der Waals surface area contributed by atoms with Gasteiger partial charge in [0.05, 0.1) is 12.5 Å². The number of likely N-dealkylation sites (tertiary alicyclic amines) is 1. The Hall–Kier alpha value is -2.77. The molecule has 0 radical (unpaired) electrons. The lowest BCUT2D eigenvalue weighted by atomic mass is 10.0. The number of hydrogen-bond acceptors (Lipinski definition) is 4. The maximum Gasteiger partial charge on any atom is 0.243 e. The van der Waals surface area contributed by atoms with Gasteiger partial charge >= 0.3 is 0 Å². The first-order valence-corrected chi connectivity index (χ1v) is 9.27. The van der Waals surface area contributed by atoms with Crippen molar-refractivity contribution in [2.75, 3.05) is 40.3 Å². The van der Waals surface area contributed by atoms with E-state index in [1.165, 1.54) is 5.56 Å². The second kappa shape index (κ2) is 8.75. The molecule has 0 saturated carbocycles. The van der Waals surface area contributed by atoms with E-state index in [1.54, 1.807) is 25.3 Å². The highest BCUT2D eigenvalue weighted by Crippen LogP contribution is 2.26. The second-order valence-corrected chi connectivity index (χ2v) is 7.06. The highest BCUT2D eigenvalue weighted by Gasteiger charge is 2.27. The molecule has 2 aromatic heterocycles. The fraction of sp³-hybridized carbons (Fsp3) is 0.526. The zero-order valence-electron chi connectivity index (χ0n) is 16.3. The predicted molar refractivity (Wildman–Crippen MR) is 104 cm³/mol. The van der Waals surface area contributed by atoms with Gasteiger partial charge < -0.3 is 19.5 Å². The summed E-state index contributed by atoms with van der Waals surface area (Å²) < 4.78 is 7.22. The number of amides is 1. The van der Waals surface area contributed by atoms with Gasteiger partial charge in [-0.15, -0.1) is 0 Å². The molecular formula is C19H28N6O2. The van der Waals surface area contributed by atoms with Crippen LogP contribution >= 0.6 is 0 Å². The van der Waals surface area contributed by atoms with E-state index in [-0.39, 0.29) is 12.5 Å². The standard InChI is InChI=1S/C19H28N6O2/c1-23(2)18(26)12-21-19(20-8-6-17-5-4-10-27-17)25-9-7-15(14-25)16-11-22-24(3)13-16/h4-5,10-11,13,15H,6-9,12,14H2,1-3H3,(H,20,21). The molecule has 0 spiro atoms. The summed E-state index contributed by atoms with van der Waals surface area (Å²) in [4.78, 5) is 20.3. The van der Waals surface area contributed by atoms with Crippen molar-refractivity contribution in [3.8, 4) is 0 Å². The molecule has 146 valence electrons. The molecule has 0 aliphatic carbocycles. The smallest absolute Gasteiger partial charge is 0.243 e. The zero-order valence-corrected chi connectivity index (χ0v) is 16.3. The molecule has 8 nitrogen and oxygen atoms in total. The number of aliphatic imine (C=N–C) groups is 1. The number of aromatic nitrogens is 2. The summed E-state index contributed by atoms with van der Waals surface area (Å²) in [7, 11) is 5.43. The van der Waals surface area contributed by atoms with E-state index in [2.05, 4.69) is 26.5 Å². The van der Waals surface area contributed by atoms with Gasteiger partial charge in [-0.3, -0.25) is 9.48 Å². The van der Waals surface area contributed by atoms with Crippen molar-refractivity contribution in [3.63, 3.8) is 0 Å². The number of aryl methyl sites for hydroxylation is 1. The number of guanidine groups is 1. The molecule has 0 bridgehead atoms. The van der Waals surface area contributed by atoms with E-state index in [4.69, 9.17) is 4.42 Å². The van der Waals surface area contributed by atoms with Crippen LogP contribution in [-0.4, -0.2) is 71.7 Å². The van der Waals surface area contributed by atoms with Gasteiger partial charge in [0.2, 0.25) is 5.91 Å². The zero-order chi connectivity index (χ0) is 19.2. The van der Waals surface area contributed by atoms with Crippen LogP contribution in [0.15, 0.2) is 40.2 Å². The molecule has 1 amide bonds. The van der Waals surface area contributed by atoms with Gasteiger partial charge in [0.1, 0.15) is 12.3 Å². The monoisotopic (exact) mass is 372 g/mol. The molecule has 27 heavy (non-hydrogen) atoms. The summed E-state index contributed by atoms with van der Waals surface area (Å²) in [5.41, 5.74) is 1.25. The van der Waals surface area contributed by atoms with Crippen LogP contribution < -0.4 is 5.32 Å². The summed E-state index contributed by atoms with van der Waals surface area (Å²) in [6.07, 6.45) is 7.51. The van der Waals surface area contributed by atoms with Crippen LogP contribution in [0.4, 0.5) is 0 Å². The largest absolute Gasteiger partial charge is 0.469 e. The van der Waals surface area contributed by atoms with Crippen LogP contribution in [0.2, 0.25) is 0 Å². The third kappa shape index (κ3) is 5.12. The van der Waals surface area contributed by atoms with E-state index in [1.807, 2.05) is 30.1 Å². The number of furan rings is 1. The Labute approximate surface area is 159 Å². The molecular weight excluding hydrogens is 344 g/mol. The Balaban J connectivity index is 1.63. The molecule has 3 rings (SSSR count). The van der Waals surface area contributed by atoms with Gasteiger partial charge in [-0.25, -0.2) is 4.99 Å². The molecule has 8 heteroatoms. The van der Waals surface area contributed by atoms with E-state index < -0.39 is 0 Å². The van der Waals surface area contributed by atoms with Crippen molar-refractivity contribution in [2.24, 2.45) is 12.0 Å². The molecule has 1 aliphatic rings. The molecule has 0 aromatic carbocycles. The maximum atomic E-state index is 12.0. The Bertz CT molecular complexity index is 765. The summed E-state index contributed by atoms with van der Waals surface area (Å²) in [6.45, 7) is 2.62. The lowest BCUT2D eigenvalue weighted by Crippen LogP contribution is -2.41. The minimum atomic E-state index is -0.0108. The van der Waals surface area contributed by atoms with Crippen LogP contribution in [0.1, 0.15) is 23.7 Å². The predicted octanol–water partition coefficient (Wildman–Crippen LogP) is 1.08. The van der Waals surface area contributed by atoms with Crippen LogP contribution in [0.5, 0.6) is 0 Å². The highest BCUT2D eigenvalue weighted by molar-refractivity contribution is 5.85. The van der Waals surface area contributed by atoms with Crippen molar-refractivity contribution in [2.45, 2.75) is 18.8 Å². The average molecular weight is 372 g/mol. The highest BCUT2D eigenvalue weighted by atomic mass is 16.3. The van der Waals surface area contributed by atoms with Gasteiger partial charge in [0.15, 0.2) is 5.96 Å². The van der Waals surface area contributed by atoms with Gasteiger partial charge in [-0.05, 0) is 24.1 Å². The summed E-state index contributed by atoms with van der Waals surface area (Å²) in [6, 6.07) is 3.85. The van der Waals surface area contributed by atoms with Crippen molar-refractivity contribution < 1.29 is 9.21 Å². The molecule has 1 aliphatic heterocycles. The topological polar surface area (TPSA) is 78.9 Å². The normalized spacial score (nSPS) is 17.4. The van der Waals surface area contributed by atoms with Gasteiger partial charge in [0, 0.05) is 59.3 Å². The summed E-state index contributed by atoms with van der Waals surface area (Å²) >= 11 is 0. The SMILES string of the molecule is CN(C)C(=O)CN=C(NCCc1ccco1)N1CCC(c2cnn(C)c2)C1. The second-order valence-electron chi connectivity index (χ2n) is 7.06. The molecule has 2 aromatic rings. The summed E-state index contributed by atoms with van der Waals surface area (Å²) in [5.74, 6) is 2.13. The van der Waals surface area contributed by atoms with Crippen molar-refractivity contribution in [1.29, 1.82) is 0 Å². The Kier molecular flexibility index (Phi) is 6.16. The van der Waals surface area contributed by atoms with Crippen molar-refractivity contribution >= 4 is 11.9 Å². The first-order valence-electron chi connectivity index (χ1n) is 9.27. The molecule has 1 saturated heterocycles. The first kappa shape index (κ1) is 19.0. The lowest BCUT2D eigenvalue weighted by molar-refractivity contribution is -0.127. The molecule has 1 N–H and O–H groups in total. The molecule has 1 unspecified atom stereocenters. The number of nitrogens with zero attached hydrogens (tertiary/aromatic N) is 5. The lowest BCUT2D eigenvalue weighted by Gasteiger charge is -2.22. The van der Waals surface area contributed by atoms with Crippen LogP contribution in [0, 0.1) is 0 Å². The number of likely N-dealkylation sites (N-methyl/N-ethyl adjacent to an activating group) is 1. The average Bonchev–Trinajstić information content (AvgIpc) is 3.38. The van der Waals surface area contributed by atoms with Gasteiger partial charge in [-0.2, -0.15) is 5.10 Å². The fourth-order valence-electron chi connectivity index (χ4n) is 3.18. The fourth-order valence-corrected chi connectivity index (χ4v) is 3.18. The van der Waals surface area contributed by atoms with Crippen LogP contribution in [0.3, 0.4) is 0 Å². The quantitative estimate of drug-likeness (QED) is 0.606. The number of nitrogens with one attached hydrogen (secondary N) is 1. The van der Waals surface area contributed by atoms with E-state index >= 15 is 0 Å². The third-order valence-electron chi connectivity index (χ3n) is 4.78. The number of carbonyl (C=O) groups excluding carboxylic acids is 1. The molecule has 1 atom stereocenters. The van der Waals surface area contributed by atoms with E-state index in [9.17, 15) is 4.79 Å². The van der Waals surface area contributed by atoms with Gasteiger partial charge in [-0.1, -0.05) is 0 Å². The minimum absolute atomic E-state index is 0.0108. The number of hydrogen-bond donors (Lipinski definition) is 1. The van der Waals surface area contributed by atoms with Crippen molar-refractivity contribution in [3.05, 3.63) is 42.1 Å². The van der Waals surface area contributed by atoms with E-state index in [0.29, 0.717) is 12.5 Å².